The number of rotatable bonds is 5. The highest BCUT2D eigenvalue weighted by atomic mass is 32.2. The van der Waals surface area contributed by atoms with Gasteiger partial charge in [0.1, 0.15) is 0 Å². The molecule has 0 bridgehead atoms. The van der Waals surface area contributed by atoms with Crippen molar-refractivity contribution in [1.82, 2.24) is 4.72 Å². The predicted octanol–water partition coefficient (Wildman–Crippen LogP) is 1.17. The van der Waals surface area contributed by atoms with Crippen LogP contribution in [-0.4, -0.2) is 25.0 Å². The third-order valence-electron chi connectivity index (χ3n) is 2.52. The Bertz CT molecular complexity index is 547. The normalized spacial score (nSPS) is 17.9. The quantitative estimate of drug-likeness (QED) is 0.847. The van der Waals surface area contributed by atoms with Crippen molar-refractivity contribution in [2.45, 2.75) is 29.0 Å². The summed E-state index contributed by atoms with van der Waals surface area (Å²) in [5.74, 6) is -1.88. The minimum atomic E-state index is -3.96. The number of aliphatic carboxylic acids is 1. The number of nitrogens with one attached hydrogen (secondary N) is 1. The second-order valence-electron chi connectivity index (χ2n) is 4.01. The van der Waals surface area contributed by atoms with Crippen LogP contribution < -0.4 is 4.72 Å². The molecule has 1 aromatic rings. The van der Waals surface area contributed by atoms with Crippen LogP contribution >= 0.6 is 11.3 Å². The Balaban J connectivity index is 2.19. The van der Waals surface area contributed by atoms with E-state index in [1.165, 1.54) is 5.38 Å². The van der Waals surface area contributed by atoms with E-state index in [2.05, 4.69) is 4.72 Å². The lowest BCUT2D eigenvalue weighted by Crippen LogP contribution is -2.38. The summed E-state index contributed by atoms with van der Waals surface area (Å²) in [5, 5.41) is 10.00. The largest absolute Gasteiger partial charge is 0.481 e. The van der Waals surface area contributed by atoms with Crippen molar-refractivity contribution in [3.63, 3.8) is 0 Å². The topological polar surface area (TPSA) is 83.5 Å². The van der Waals surface area contributed by atoms with E-state index in [4.69, 9.17) is 5.11 Å². The fourth-order valence-electron chi connectivity index (χ4n) is 1.56. The summed E-state index contributed by atoms with van der Waals surface area (Å²) >= 11 is 0.771. The first-order chi connectivity index (χ1) is 7.85. The predicted molar refractivity (Wildman–Crippen MR) is 58.8 cm³/mol. The lowest BCUT2D eigenvalue weighted by molar-refractivity contribution is -0.137. The van der Waals surface area contributed by atoms with E-state index < -0.39 is 31.6 Å². The number of carbonyl (C=O) groups is 1. The summed E-state index contributed by atoms with van der Waals surface area (Å²) in [4.78, 5) is 10.6. The first kappa shape index (κ1) is 12.5. The van der Waals surface area contributed by atoms with Gasteiger partial charge < -0.3 is 5.11 Å². The summed E-state index contributed by atoms with van der Waals surface area (Å²) < 4.78 is 38.7. The third kappa shape index (κ3) is 2.64. The molecule has 2 rings (SSSR count). The van der Waals surface area contributed by atoms with E-state index >= 15 is 0 Å². The van der Waals surface area contributed by atoms with Crippen LogP contribution in [-0.2, 0) is 14.8 Å². The molecule has 2 N–H and O–H groups in total. The van der Waals surface area contributed by atoms with E-state index in [1.54, 1.807) is 0 Å². The highest BCUT2D eigenvalue weighted by molar-refractivity contribution is 7.91. The molecule has 94 valence electrons. The monoisotopic (exact) mass is 279 g/mol. The number of carboxylic acid groups (broad SMARTS) is 1. The Kier molecular flexibility index (Phi) is 2.96. The highest BCUT2D eigenvalue weighted by Gasteiger charge is 2.48. The van der Waals surface area contributed by atoms with E-state index in [0.29, 0.717) is 12.8 Å². The smallest absolute Gasteiger partial charge is 0.305 e. The number of thiophene rings is 1. The molecule has 0 spiro atoms. The van der Waals surface area contributed by atoms with Crippen LogP contribution in [0.1, 0.15) is 19.3 Å². The standard InChI is InChI=1S/C9H10FNO4S2/c10-6-1-4-16-8(6)17(14,15)11-9(2-3-9)5-7(12)13/h1,4,11H,2-3,5H2,(H,12,13). The molecule has 1 saturated carbocycles. The van der Waals surface area contributed by atoms with E-state index in [1.807, 2.05) is 0 Å². The number of hydrogen-bond acceptors (Lipinski definition) is 4. The molecule has 8 heteroatoms. The van der Waals surface area contributed by atoms with Crippen LogP contribution in [0.3, 0.4) is 0 Å². The molecule has 1 aliphatic carbocycles. The van der Waals surface area contributed by atoms with E-state index in [9.17, 15) is 17.6 Å². The zero-order valence-corrected chi connectivity index (χ0v) is 10.3. The molecule has 5 nitrogen and oxygen atoms in total. The maximum Gasteiger partial charge on any atom is 0.305 e. The molecule has 0 aliphatic heterocycles. The Hall–Kier alpha value is -0.990. The number of sulfonamides is 1. The molecule has 0 saturated heterocycles. The van der Waals surface area contributed by atoms with Crippen LogP contribution in [0, 0.1) is 5.82 Å². The van der Waals surface area contributed by atoms with Gasteiger partial charge in [-0.1, -0.05) is 0 Å². The van der Waals surface area contributed by atoms with Gasteiger partial charge in [0.05, 0.1) is 6.42 Å². The number of hydrogen-bond donors (Lipinski definition) is 2. The van der Waals surface area contributed by atoms with Crippen LogP contribution in [0.15, 0.2) is 15.7 Å². The Morgan fingerprint density at radius 3 is 2.65 bits per heavy atom. The number of carboxylic acids is 1. The molecular formula is C9H10FNO4S2. The molecule has 1 fully saturated rings. The van der Waals surface area contributed by atoms with Crippen molar-refractivity contribution in [3.05, 3.63) is 17.3 Å². The summed E-state index contributed by atoms with van der Waals surface area (Å²) in [7, 11) is -3.96. The third-order valence-corrected chi connectivity index (χ3v) is 5.54. The van der Waals surface area contributed by atoms with Crippen molar-refractivity contribution >= 4 is 27.3 Å². The summed E-state index contributed by atoms with van der Waals surface area (Å²) in [6.45, 7) is 0. The van der Waals surface area contributed by atoms with Crippen molar-refractivity contribution in [2.24, 2.45) is 0 Å². The van der Waals surface area contributed by atoms with Crippen molar-refractivity contribution < 1.29 is 22.7 Å². The lowest BCUT2D eigenvalue weighted by atomic mass is 10.2. The molecule has 1 aromatic heterocycles. The molecule has 1 aliphatic rings. The van der Waals surface area contributed by atoms with Crippen molar-refractivity contribution in [1.29, 1.82) is 0 Å². The zero-order valence-electron chi connectivity index (χ0n) is 8.64. The molecular weight excluding hydrogens is 269 g/mol. The summed E-state index contributed by atoms with van der Waals surface area (Å²) in [5.41, 5.74) is -0.929. The second kappa shape index (κ2) is 4.04. The molecule has 0 atom stereocenters. The average Bonchev–Trinajstić information content (AvgIpc) is 2.74. The van der Waals surface area contributed by atoms with Gasteiger partial charge in [-0.25, -0.2) is 17.5 Å². The van der Waals surface area contributed by atoms with E-state index in [0.717, 1.165) is 17.4 Å². The van der Waals surface area contributed by atoms with Gasteiger partial charge in [-0.05, 0) is 24.3 Å². The van der Waals surface area contributed by atoms with Crippen molar-refractivity contribution in [2.75, 3.05) is 0 Å². The van der Waals surface area contributed by atoms with Gasteiger partial charge in [0.25, 0.3) is 10.0 Å². The first-order valence-corrected chi connectivity index (χ1v) is 7.20. The SMILES string of the molecule is O=C(O)CC1(NS(=O)(=O)c2sccc2F)CC1. The maximum atomic E-state index is 13.2. The van der Waals surface area contributed by atoms with E-state index in [-0.39, 0.29) is 6.42 Å². The van der Waals surface area contributed by atoms with Crippen LogP contribution in [0.5, 0.6) is 0 Å². The zero-order chi connectivity index (χ0) is 12.7. The van der Waals surface area contributed by atoms with Gasteiger partial charge >= 0.3 is 5.97 Å². The Morgan fingerprint density at radius 1 is 1.59 bits per heavy atom. The molecule has 17 heavy (non-hydrogen) atoms. The molecule has 0 aromatic carbocycles. The minimum Gasteiger partial charge on any atom is -0.481 e. The summed E-state index contributed by atoms with van der Waals surface area (Å²) in [6, 6.07) is 1.07. The fraction of sp³-hybridized carbons (Fsp3) is 0.444. The van der Waals surface area contributed by atoms with Gasteiger partial charge in [-0.3, -0.25) is 4.79 Å². The number of halogens is 1. The average molecular weight is 279 g/mol. The maximum absolute atomic E-state index is 13.2. The molecule has 0 amide bonds. The molecule has 0 radical (unpaired) electrons. The van der Waals surface area contributed by atoms with Gasteiger partial charge in [0.2, 0.25) is 0 Å². The molecule has 0 unspecified atom stereocenters. The minimum absolute atomic E-state index is 0.279. The van der Waals surface area contributed by atoms with Gasteiger partial charge in [-0.2, -0.15) is 0 Å². The van der Waals surface area contributed by atoms with Gasteiger partial charge in [0.15, 0.2) is 10.0 Å². The van der Waals surface area contributed by atoms with Gasteiger partial charge in [-0.15, -0.1) is 11.3 Å². The molecule has 1 heterocycles. The lowest BCUT2D eigenvalue weighted by Gasteiger charge is -2.14. The fourth-order valence-corrected chi connectivity index (χ4v) is 4.11. The van der Waals surface area contributed by atoms with Crippen LogP contribution in [0.2, 0.25) is 0 Å². The highest BCUT2D eigenvalue weighted by Crippen LogP contribution is 2.40. The second-order valence-corrected chi connectivity index (χ2v) is 6.81. The van der Waals surface area contributed by atoms with Gasteiger partial charge in [0, 0.05) is 5.54 Å². The van der Waals surface area contributed by atoms with Crippen LogP contribution in [0.4, 0.5) is 4.39 Å². The Labute approximate surface area is 101 Å². The summed E-state index contributed by atoms with van der Waals surface area (Å²) in [6.07, 6.45) is 0.649. The Morgan fingerprint density at radius 2 is 2.24 bits per heavy atom. The van der Waals surface area contributed by atoms with Crippen LogP contribution in [0.25, 0.3) is 0 Å². The first-order valence-electron chi connectivity index (χ1n) is 4.83. The van der Waals surface area contributed by atoms with Crippen molar-refractivity contribution in [3.8, 4) is 0 Å².